The van der Waals surface area contributed by atoms with Crippen molar-refractivity contribution in [1.82, 2.24) is 0 Å². The molecule has 0 spiro atoms. The maximum Gasteiger partial charge on any atom is 0.114 e. The highest BCUT2D eigenvalue weighted by Gasteiger charge is 2.06. The van der Waals surface area contributed by atoms with E-state index in [0.29, 0.717) is 10.0 Å². The molecule has 0 radical (unpaired) electrons. The average molecular weight is 365 g/mol. The van der Waals surface area contributed by atoms with E-state index in [1.54, 1.807) is 29.6 Å². The van der Waals surface area contributed by atoms with E-state index >= 15 is 0 Å². The molecule has 22 heavy (non-hydrogen) atoms. The molecule has 0 saturated carbocycles. The summed E-state index contributed by atoms with van der Waals surface area (Å²) in [6.45, 7) is 0. The smallest absolute Gasteiger partial charge is 0.114 e. The normalized spacial score (nSPS) is 11.6. The van der Waals surface area contributed by atoms with Crippen LogP contribution in [0.3, 0.4) is 0 Å². The number of hydrogen-bond acceptors (Lipinski definition) is 3. The second-order valence-electron chi connectivity index (χ2n) is 4.24. The molecule has 0 fully saturated rings. The lowest BCUT2D eigenvalue weighted by atomic mass is 10.2. The second-order valence-corrected chi connectivity index (χ2v) is 6.64. The molecule has 1 aromatic carbocycles. The Morgan fingerprint density at radius 2 is 2.05 bits per heavy atom. The fourth-order valence-corrected chi connectivity index (χ4v) is 3.33. The fourth-order valence-electron chi connectivity index (χ4n) is 1.69. The third kappa shape index (κ3) is 4.19. The Balaban J connectivity index is 2.22. The molecule has 1 heterocycles. The summed E-state index contributed by atoms with van der Waals surface area (Å²) in [7, 11) is 0. The summed E-state index contributed by atoms with van der Waals surface area (Å²) in [5, 5.41) is 10.1. The van der Waals surface area contributed by atoms with Gasteiger partial charge in [0.25, 0.3) is 0 Å². The van der Waals surface area contributed by atoms with Crippen LogP contribution in [0.4, 0.5) is 0 Å². The van der Waals surface area contributed by atoms with Crippen molar-refractivity contribution in [3.05, 3.63) is 63.0 Å². The number of benzene rings is 1. The lowest BCUT2D eigenvalue weighted by Gasteiger charge is -2.01. The number of hydrogen-bond donors (Lipinski definition) is 1. The zero-order valence-corrected chi connectivity index (χ0v) is 14.4. The van der Waals surface area contributed by atoms with Crippen LogP contribution in [-0.4, -0.2) is 4.99 Å². The third-order valence-electron chi connectivity index (χ3n) is 2.73. The van der Waals surface area contributed by atoms with E-state index in [9.17, 15) is 0 Å². The van der Waals surface area contributed by atoms with Crippen molar-refractivity contribution in [3.8, 4) is 16.5 Å². The van der Waals surface area contributed by atoms with Gasteiger partial charge < -0.3 is 5.73 Å². The quantitative estimate of drug-likeness (QED) is 0.338. The number of halogens is 2. The number of allylic oxidation sites excluding steroid dienone is 2. The van der Waals surface area contributed by atoms with Crippen LogP contribution >= 0.6 is 46.8 Å². The van der Waals surface area contributed by atoms with Crippen molar-refractivity contribution in [2.45, 2.75) is 0 Å². The van der Waals surface area contributed by atoms with Gasteiger partial charge in [0, 0.05) is 20.3 Å². The van der Waals surface area contributed by atoms with Gasteiger partial charge in [-0.15, -0.1) is 11.3 Å². The van der Waals surface area contributed by atoms with E-state index in [-0.39, 0.29) is 10.6 Å². The van der Waals surface area contributed by atoms with Gasteiger partial charge >= 0.3 is 0 Å². The third-order valence-corrected chi connectivity index (χ3v) is 4.58. The number of nitriles is 1. The first-order valence-corrected chi connectivity index (χ1v) is 8.13. The molecule has 0 atom stereocenters. The van der Waals surface area contributed by atoms with Crippen LogP contribution in [0.1, 0.15) is 4.88 Å². The number of nitrogens with zero attached hydrogens (tertiary/aromatic N) is 1. The summed E-state index contributed by atoms with van der Waals surface area (Å²) in [5.74, 6) is 0. The minimum atomic E-state index is 0.0898. The molecule has 0 bridgehead atoms. The summed E-state index contributed by atoms with van der Waals surface area (Å²) in [6, 6.07) is 11.3. The topological polar surface area (TPSA) is 49.8 Å². The molecule has 0 unspecified atom stereocenters. The Hall–Kier alpha value is -1.64. The highest BCUT2D eigenvalue weighted by atomic mass is 35.5. The van der Waals surface area contributed by atoms with Crippen molar-refractivity contribution >= 4 is 57.8 Å². The van der Waals surface area contributed by atoms with E-state index < -0.39 is 0 Å². The maximum atomic E-state index is 8.86. The van der Waals surface area contributed by atoms with E-state index in [1.807, 2.05) is 36.4 Å². The highest BCUT2D eigenvalue weighted by Crippen LogP contribution is 2.35. The summed E-state index contributed by atoms with van der Waals surface area (Å²) in [4.78, 5) is 2.16. The average Bonchev–Trinajstić information content (AvgIpc) is 2.91. The van der Waals surface area contributed by atoms with Crippen LogP contribution in [0.15, 0.2) is 48.1 Å². The van der Waals surface area contributed by atoms with Crippen molar-refractivity contribution < 1.29 is 0 Å². The van der Waals surface area contributed by atoms with Gasteiger partial charge in [0.05, 0.1) is 10.6 Å². The van der Waals surface area contributed by atoms with E-state index in [0.717, 1.165) is 15.3 Å². The summed E-state index contributed by atoms with van der Waals surface area (Å²) in [6.07, 6.45) is 5.22. The predicted molar refractivity (Wildman–Crippen MR) is 99.3 cm³/mol. The number of nitrogens with two attached hydrogens (primary N) is 1. The molecule has 2 aromatic rings. The van der Waals surface area contributed by atoms with Crippen LogP contribution in [-0.2, 0) is 0 Å². The molecule has 0 aliphatic carbocycles. The minimum absolute atomic E-state index is 0.0898. The zero-order valence-electron chi connectivity index (χ0n) is 11.2. The first kappa shape index (κ1) is 16.7. The molecule has 2 N–H and O–H groups in total. The zero-order chi connectivity index (χ0) is 16.1. The van der Waals surface area contributed by atoms with Crippen molar-refractivity contribution in [3.63, 3.8) is 0 Å². The summed E-state index contributed by atoms with van der Waals surface area (Å²) < 4.78 is 0. The van der Waals surface area contributed by atoms with Crippen LogP contribution < -0.4 is 5.73 Å². The molecule has 1 aromatic heterocycles. The molecular weight excluding hydrogens is 355 g/mol. The Morgan fingerprint density at radius 3 is 2.68 bits per heavy atom. The van der Waals surface area contributed by atoms with Gasteiger partial charge in [-0.25, -0.2) is 0 Å². The van der Waals surface area contributed by atoms with Crippen molar-refractivity contribution in [2.75, 3.05) is 0 Å². The Kier molecular flexibility index (Phi) is 5.76. The minimum Gasteiger partial charge on any atom is -0.389 e. The number of thiophene rings is 1. The first-order chi connectivity index (χ1) is 10.5. The van der Waals surface area contributed by atoms with Gasteiger partial charge in [-0.05, 0) is 36.4 Å². The molecule has 2 rings (SSSR count). The molecular formula is C16H10Cl2N2S2. The number of rotatable bonds is 4. The van der Waals surface area contributed by atoms with Crippen molar-refractivity contribution in [2.24, 2.45) is 5.73 Å². The predicted octanol–water partition coefficient (Wildman–Crippen LogP) is 5.47. The largest absolute Gasteiger partial charge is 0.389 e. The van der Waals surface area contributed by atoms with E-state index in [2.05, 4.69) is 0 Å². The van der Waals surface area contributed by atoms with Gasteiger partial charge in [-0.2, -0.15) is 5.26 Å². The van der Waals surface area contributed by atoms with E-state index in [1.165, 1.54) is 0 Å². The van der Waals surface area contributed by atoms with Gasteiger partial charge in [0.15, 0.2) is 0 Å². The Labute approximate surface area is 148 Å². The van der Waals surface area contributed by atoms with Gasteiger partial charge in [0.2, 0.25) is 0 Å². The fraction of sp³-hybridized carbons (Fsp3) is 0. The molecule has 0 aliphatic rings. The molecule has 0 saturated heterocycles. The van der Waals surface area contributed by atoms with Gasteiger partial charge in [-0.1, -0.05) is 47.6 Å². The molecule has 6 heteroatoms. The van der Waals surface area contributed by atoms with Crippen LogP contribution in [0, 0.1) is 11.3 Å². The summed E-state index contributed by atoms with van der Waals surface area (Å²) in [5.41, 5.74) is 6.64. The van der Waals surface area contributed by atoms with Gasteiger partial charge in [-0.3, -0.25) is 0 Å². The lowest BCUT2D eigenvalue weighted by Crippen LogP contribution is -2.09. The SMILES string of the molecule is N#C/C(=C/C=C/c1ccc(-c2ccc(Cl)cc2Cl)s1)C(N)=S. The summed E-state index contributed by atoms with van der Waals surface area (Å²) >= 11 is 18.5. The first-order valence-electron chi connectivity index (χ1n) is 6.15. The van der Waals surface area contributed by atoms with Crippen LogP contribution in [0.5, 0.6) is 0 Å². The molecule has 0 amide bonds. The monoisotopic (exact) mass is 364 g/mol. The Morgan fingerprint density at radius 1 is 1.27 bits per heavy atom. The second kappa shape index (κ2) is 7.57. The molecule has 0 aliphatic heterocycles. The molecule has 110 valence electrons. The molecule has 2 nitrogen and oxygen atoms in total. The maximum absolute atomic E-state index is 8.86. The standard InChI is InChI=1S/C16H10Cl2N2S2/c17-11-4-6-13(14(18)8-11)15-7-5-12(22-15)3-1-2-10(9-19)16(20)21/h1-8H,(H2,20,21)/b3-1+,10-2-. The van der Waals surface area contributed by atoms with Crippen LogP contribution in [0.2, 0.25) is 10.0 Å². The van der Waals surface area contributed by atoms with Crippen molar-refractivity contribution in [1.29, 1.82) is 5.26 Å². The number of thiocarbonyl (C=S) groups is 1. The van der Waals surface area contributed by atoms with Gasteiger partial charge in [0.1, 0.15) is 11.1 Å². The highest BCUT2D eigenvalue weighted by molar-refractivity contribution is 7.80. The van der Waals surface area contributed by atoms with Crippen LogP contribution in [0.25, 0.3) is 16.5 Å². The lowest BCUT2D eigenvalue weighted by molar-refractivity contribution is 1.51. The van der Waals surface area contributed by atoms with E-state index in [4.69, 9.17) is 46.4 Å². The Bertz CT molecular complexity index is 814.